The Labute approximate surface area is 145 Å². The summed E-state index contributed by atoms with van der Waals surface area (Å²) in [6.07, 6.45) is 0. The van der Waals surface area contributed by atoms with Crippen LogP contribution in [0.5, 0.6) is 0 Å². The van der Waals surface area contributed by atoms with E-state index in [9.17, 15) is 0 Å². The van der Waals surface area contributed by atoms with Crippen LogP contribution >= 0.6 is 0 Å². The molecule has 3 aromatic carbocycles. The molecule has 4 aromatic rings. The molecule has 1 nitrogen and oxygen atoms in total. The summed E-state index contributed by atoms with van der Waals surface area (Å²) in [6.45, 7) is 3.54. The topological polar surface area (TPSA) is 13.1 Å². The number of rotatable bonds is 2. The Morgan fingerprint density at radius 2 is 1.45 bits per heavy atom. The van der Waals surface area contributed by atoms with Crippen molar-refractivity contribution < 1.29 is 19.5 Å². The lowest BCUT2D eigenvalue weighted by Crippen LogP contribution is -1.86. The van der Waals surface area contributed by atoms with Gasteiger partial charge in [0.1, 0.15) is 11.2 Å². The number of fused-ring (bicyclic) bond motifs is 3. The summed E-state index contributed by atoms with van der Waals surface area (Å²) in [5, 5.41) is -0.0324. The monoisotopic (exact) mass is 297 g/mol. The number of hydrogen-bond acceptors (Lipinski definition) is 1. The molecule has 0 atom stereocenters. The third-order valence-corrected chi connectivity index (χ3v) is 3.47. The van der Waals surface area contributed by atoms with E-state index in [1.165, 1.54) is 0 Å². The van der Waals surface area contributed by atoms with Crippen molar-refractivity contribution in [3.05, 3.63) is 72.0 Å². The van der Waals surface area contributed by atoms with Crippen LogP contribution in [0.4, 0.5) is 0 Å². The molecule has 1 aromatic heterocycles. The molecule has 0 spiro atoms. The van der Waals surface area contributed by atoms with Crippen molar-refractivity contribution >= 4 is 21.9 Å². The van der Waals surface area contributed by atoms with Crippen molar-refractivity contribution in [3.63, 3.8) is 0 Å². The fourth-order valence-electron chi connectivity index (χ4n) is 2.42. The molecule has 0 aliphatic rings. The van der Waals surface area contributed by atoms with Gasteiger partial charge >= 0.3 is 0 Å². The largest absolute Gasteiger partial charge is 0.455 e. The fourth-order valence-corrected chi connectivity index (χ4v) is 2.42. The maximum atomic E-state index is 8.47. The van der Waals surface area contributed by atoms with Gasteiger partial charge in [-0.1, -0.05) is 80.3 Å². The van der Waals surface area contributed by atoms with E-state index >= 15 is 0 Å². The minimum Gasteiger partial charge on any atom is -0.455 e. The standard InChI is InChI=1S/C21H18O/c1-14(2)16-10-6-12-18-19-13-7-11-17(21(19)22-20(16)18)15-8-4-3-5-9-15/h3-14H,1-2H3/i3D,4D,5D,6D,7D,8D,9D,10D,11D,12D,13D. The molecule has 22 heavy (non-hydrogen) atoms. The van der Waals surface area contributed by atoms with Gasteiger partial charge < -0.3 is 4.42 Å². The van der Waals surface area contributed by atoms with Gasteiger partial charge in [-0.2, -0.15) is 0 Å². The first-order valence-corrected chi connectivity index (χ1v) is 6.85. The van der Waals surface area contributed by atoms with Gasteiger partial charge in [-0.05, 0) is 17.0 Å². The average molecular weight is 297 g/mol. The average Bonchev–Trinajstić information content (AvgIpc) is 3.15. The Hall–Kier alpha value is -2.54. The molecule has 1 heterocycles. The van der Waals surface area contributed by atoms with E-state index in [4.69, 9.17) is 19.5 Å². The first-order valence-electron chi connectivity index (χ1n) is 12.4. The lowest BCUT2D eigenvalue weighted by molar-refractivity contribution is 0.658. The molecule has 0 unspecified atom stereocenters. The number of para-hydroxylation sites is 2. The van der Waals surface area contributed by atoms with E-state index in [2.05, 4.69) is 0 Å². The summed E-state index contributed by atoms with van der Waals surface area (Å²) in [6, 6.07) is -5.58. The highest BCUT2D eigenvalue weighted by Crippen LogP contribution is 2.38. The second-order valence-corrected chi connectivity index (χ2v) is 5.20. The summed E-state index contributed by atoms with van der Waals surface area (Å²) >= 11 is 0. The minimum atomic E-state index is -0.623. The molecule has 108 valence electrons. The van der Waals surface area contributed by atoms with Crippen LogP contribution in [0.25, 0.3) is 33.1 Å². The van der Waals surface area contributed by atoms with Gasteiger partial charge in [0.2, 0.25) is 0 Å². The predicted molar refractivity (Wildman–Crippen MR) is 93.2 cm³/mol. The van der Waals surface area contributed by atoms with Gasteiger partial charge in [0, 0.05) is 16.3 Å². The molecule has 0 bridgehead atoms. The van der Waals surface area contributed by atoms with Crippen LogP contribution in [0.2, 0.25) is 0 Å². The third-order valence-electron chi connectivity index (χ3n) is 3.47. The molecule has 4 rings (SSSR count). The molecule has 0 radical (unpaired) electrons. The molecule has 0 aliphatic carbocycles. The van der Waals surface area contributed by atoms with Gasteiger partial charge in [0.15, 0.2) is 0 Å². The SMILES string of the molecule is [2H]c1c([2H])c([2H])c(-c2c([2H])c([2H])c([2H])c3c2oc2c(C(C)C)c([2H])c([2H])c([2H])c23)c([2H])c1[2H]. The van der Waals surface area contributed by atoms with Gasteiger partial charge in [-0.25, -0.2) is 0 Å². The zero-order valence-corrected chi connectivity index (χ0v) is 12.0. The zero-order chi connectivity index (χ0) is 24.7. The van der Waals surface area contributed by atoms with Crippen LogP contribution < -0.4 is 0 Å². The summed E-state index contributed by atoms with van der Waals surface area (Å²) in [7, 11) is 0. The second kappa shape index (κ2) is 5.03. The molecule has 0 fully saturated rings. The Balaban J connectivity index is 2.37. The van der Waals surface area contributed by atoms with E-state index in [0.717, 1.165) is 0 Å². The maximum absolute atomic E-state index is 8.47. The van der Waals surface area contributed by atoms with E-state index in [1.54, 1.807) is 13.8 Å². The van der Waals surface area contributed by atoms with Crippen molar-refractivity contribution in [3.8, 4) is 11.1 Å². The highest BCUT2D eigenvalue weighted by atomic mass is 16.3. The molecular formula is C21H18O. The van der Waals surface area contributed by atoms with Gasteiger partial charge in [0.25, 0.3) is 0 Å². The molecular weight excluding hydrogens is 268 g/mol. The van der Waals surface area contributed by atoms with Crippen LogP contribution in [-0.4, -0.2) is 0 Å². The maximum Gasteiger partial charge on any atom is 0.143 e. The van der Waals surface area contributed by atoms with E-state index in [0.29, 0.717) is 5.56 Å². The molecule has 0 aliphatic heterocycles. The normalized spacial score (nSPS) is 18.6. The minimum absolute atomic E-state index is 0.0295. The fraction of sp³-hybridized carbons (Fsp3) is 0.143. The van der Waals surface area contributed by atoms with Crippen LogP contribution in [0.3, 0.4) is 0 Å². The highest BCUT2D eigenvalue weighted by Gasteiger charge is 2.15. The number of furan rings is 1. The third kappa shape index (κ3) is 1.93. The Morgan fingerprint density at radius 3 is 2.18 bits per heavy atom. The molecule has 0 amide bonds. The van der Waals surface area contributed by atoms with Crippen LogP contribution in [0.15, 0.2) is 70.9 Å². The Morgan fingerprint density at radius 1 is 0.773 bits per heavy atom. The van der Waals surface area contributed by atoms with Crippen molar-refractivity contribution in [1.82, 2.24) is 0 Å². The van der Waals surface area contributed by atoms with Crippen LogP contribution in [0.1, 0.15) is 40.4 Å². The molecule has 1 heteroatoms. The lowest BCUT2D eigenvalue weighted by Gasteiger charge is -2.04. The lowest BCUT2D eigenvalue weighted by atomic mass is 9.99. The van der Waals surface area contributed by atoms with E-state index in [-0.39, 0.29) is 57.1 Å². The van der Waals surface area contributed by atoms with Crippen LogP contribution in [-0.2, 0) is 0 Å². The number of benzene rings is 3. The quantitative estimate of drug-likeness (QED) is 0.418. The summed E-state index contributed by atoms with van der Waals surface area (Å²) < 4.78 is 96.6. The van der Waals surface area contributed by atoms with Crippen molar-refractivity contribution in [1.29, 1.82) is 0 Å². The van der Waals surface area contributed by atoms with Crippen LogP contribution in [0, 0.1) is 0 Å². The van der Waals surface area contributed by atoms with Gasteiger partial charge in [0.05, 0.1) is 15.1 Å². The summed E-state index contributed by atoms with van der Waals surface area (Å²) in [5.74, 6) is -0.297. The number of hydrogen-bond donors (Lipinski definition) is 0. The highest BCUT2D eigenvalue weighted by molar-refractivity contribution is 6.10. The summed E-state index contributed by atoms with van der Waals surface area (Å²) in [5.41, 5.74) is -0.426. The Bertz CT molecular complexity index is 1470. The molecule has 0 N–H and O–H groups in total. The smallest absolute Gasteiger partial charge is 0.143 e. The molecule has 0 saturated heterocycles. The summed E-state index contributed by atoms with van der Waals surface area (Å²) in [4.78, 5) is 0. The zero-order valence-electron chi connectivity index (χ0n) is 23.0. The van der Waals surface area contributed by atoms with E-state index in [1.807, 2.05) is 0 Å². The predicted octanol–water partition coefficient (Wildman–Crippen LogP) is 6.38. The first kappa shape index (κ1) is 5.92. The van der Waals surface area contributed by atoms with E-state index < -0.39 is 48.3 Å². The molecule has 0 saturated carbocycles. The van der Waals surface area contributed by atoms with Crippen molar-refractivity contribution in [2.45, 2.75) is 19.8 Å². The second-order valence-electron chi connectivity index (χ2n) is 5.20. The Kier molecular flexibility index (Phi) is 1.35. The van der Waals surface area contributed by atoms with Crippen molar-refractivity contribution in [2.75, 3.05) is 0 Å². The van der Waals surface area contributed by atoms with Crippen molar-refractivity contribution in [2.24, 2.45) is 0 Å². The van der Waals surface area contributed by atoms with Gasteiger partial charge in [-0.15, -0.1) is 0 Å². The first-order chi connectivity index (χ1) is 15.3. The van der Waals surface area contributed by atoms with Gasteiger partial charge in [-0.3, -0.25) is 0 Å².